The zero-order valence-electron chi connectivity index (χ0n) is 16.0. The molecule has 1 atom stereocenters. The number of hydrogen-bond acceptors (Lipinski definition) is 2. The molecule has 1 aromatic heterocycles. The van der Waals surface area contributed by atoms with Crippen LogP contribution in [0.25, 0.3) is 10.9 Å². The van der Waals surface area contributed by atoms with Gasteiger partial charge in [-0.2, -0.15) is 0 Å². The molecular formula is C24H21ClN2O2. The Morgan fingerprint density at radius 1 is 1.07 bits per heavy atom. The number of ether oxygens (including phenoxy) is 1. The smallest absolute Gasteiger partial charge is 0.251 e. The first-order chi connectivity index (χ1) is 14.2. The van der Waals surface area contributed by atoms with Crippen LogP contribution in [-0.2, 0) is 0 Å². The van der Waals surface area contributed by atoms with E-state index in [4.69, 9.17) is 16.3 Å². The van der Waals surface area contributed by atoms with Crippen LogP contribution < -0.4 is 10.1 Å². The van der Waals surface area contributed by atoms with E-state index in [0.29, 0.717) is 22.9 Å². The van der Waals surface area contributed by atoms with Gasteiger partial charge in [0.05, 0.1) is 12.1 Å². The first-order valence-electron chi connectivity index (χ1n) is 9.40. The molecule has 2 N–H and O–H groups in total. The van der Waals surface area contributed by atoms with Crippen molar-refractivity contribution in [2.45, 2.75) is 5.92 Å². The minimum atomic E-state index is -0.171. The lowest BCUT2D eigenvalue weighted by atomic mass is 9.91. The van der Waals surface area contributed by atoms with Crippen LogP contribution in [0.4, 0.5) is 0 Å². The van der Waals surface area contributed by atoms with Crippen molar-refractivity contribution in [3.63, 3.8) is 0 Å². The number of para-hydroxylation sites is 1. The Morgan fingerprint density at radius 3 is 2.59 bits per heavy atom. The number of amides is 1. The van der Waals surface area contributed by atoms with E-state index >= 15 is 0 Å². The number of carbonyl (C=O) groups is 1. The van der Waals surface area contributed by atoms with Crippen molar-refractivity contribution >= 4 is 28.4 Å². The van der Waals surface area contributed by atoms with Crippen molar-refractivity contribution in [1.29, 1.82) is 0 Å². The van der Waals surface area contributed by atoms with Gasteiger partial charge in [0, 0.05) is 35.1 Å². The van der Waals surface area contributed by atoms with Crippen molar-refractivity contribution in [2.24, 2.45) is 0 Å². The predicted molar refractivity (Wildman–Crippen MR) is 117 cm³/mol. The maximum atomic E-state index is 12.7. The molecule has 1 amide bonds. The standard InChI is InChI=1S/C24H21ClN2O2/c1-29-23-12-11-17(13-21(23)25)24(28)27-14-19(16-7-3-2-4-8-16)20-15-26-22-10-6-5-9-18(20)22/h2-13,15,19,26H,14H2,1H3,(H,27,28). The van der Waals surface area contributed by atoms with Gasteiger partial charge in [-0.15, -0.1) is 0 Å². The molecule has 146 valence electrons. The molecule has 0 radical (unpaired) electrons. The molecule has 29 heavy (non-hydrogen) atoms. The maximum Gasteiger partial charge on any atom is 0.251 e. The number of benzene rings is 3. The predicted octanol–water partition coefficient (Wildman–Crippen LogP) is 5.39. The Labute approximate surface area is 174 Å². The molecular weight excluding hydrogens is 384 g/mol. The van der Waals surface area contributed by atoms with Crippen LogP contribution in [0, 0.1) is 0 Å². The van der Waals surface area contributed by atoms with Gasteiger partial charge in [0.25, 0.3) is 5.91 Å². The third kappa shape index (κ3) is 3.98. The lowest BCUT2D eigenvalue weighted by molar-refractivity contribution is 0.0952. The number of H-pyrrole nitrogens is 1. The van der Waals surface area contributed by atoms with Gasteiger partial charge in [0.1, 0.15) is 5.75 Å². The molecule has 0 aliphatic rings. The molecule has 1 heterocycles. The highest BCUT2D eigenvalue weighted by Gasteiger charge is 2.19. The Hall–Kier alpha value is -3.24. The second-order valence-electron chi connectivity index (χ2n) is 6.81. The fourth-order valence-corrected chi connectivity index (χ4v) is 3.84. The molecule has 4 aromatic rings. The summed E-state index contributed by atoms with van der Waals surface area (Å²) in [5, 5.41) is 4.63. The summed E-state index contributed by atoms with van der Waals surface area (Å²) in [5.74, 6) is 0.393. The first-order valence-corrected chi connectivity index (χ1v) is 9.78. The SMILES string of the molecule is COc1ccc(C(=O)NCC(c2ccccc2)c2c[nH]c3ccccc23)cc1Cl. The Morgan fingerprint density at radius 2 is 1.83 bits per heavy atom. The van der Waals surface area contributed by atoms with Crippen LogP contribution in [0.1, 0.15) is 27.4 Å². The van der Waals surface area contributed by atoms with Gasteiger partial charge in [-0.1, -0.05) is 60.1 Å². The monoisotopic (exact) mass is 404 g/mol. The van der Waals surface area contributed by atoms with Crippen molar-refractivity contribution in [3.8, 4) is 5.75 Å². The number of fused-ring (bicyclic) bond motifs is 1. The molecule has 4 nitrogen and oxygen atoms in total. The van der Waals surface area contributed by atoms with E-state index in [9.17, 15) is 4.79 Å². The van der Waals surface area contributed by atoms with E-state index in [-0.39, 0.29) is 11.8 Å². The number of rotatable bonds is 6. The van der Waals surface area contributed by atoms with E-state index < -0.39 is 0 Å². The molecule has 0 aliphatic heterocycles. The number of hydrogen-bond donors (Lipinski definition) is 2. The van der Waals surface area contributed by atoms with Gasteiger partial charge in [0.2, 0.25) is 0 Å². The second-order valence-corrected chi connectivity index (χ2v) is 7.22. The van der Waals surface area contributed by atoms with Crippen molar-refractivity contribution in [3.05, 3.63) is 101 Å². The van der Waals surface area contributed by atoms with E-state index in [1.165, 1.54) is 0 Å². The number of nitrogens with one attached hydrogen (secondary N) is 2. The highest BCUT2D eigenvalue weighted by atomic mass is 35.5. The third-order valence-corrected chi connectivity index (χ3v) is 5.37. The van der Waals surface area contributed by atoms with Crippen LogP contribution in [-0.4, -0.2) is 24.5 Å². The van der Waals surface area contributed by atoms with Gasteiger partial charge < -0.3 is 15.0 Å². The first kappa shape index (κ1) is 19.1. The third-order valence-electron chi connectivity index (χ3n) is 5.08. The van der Waals surface area contributed by atoms with Gasteiger partial charge in [-0.05, 0) is 35.4 Å². The topological polar surface area (TPSA) is 54.1 Å². The van der Waals surface area contributed by atoms with Crippen LogP contribution >= 0.6 is 11.6 Å². The lowest BCUT2D eigenvalue weighted by Crippen LogP contribution is -2.28. The van der Waals surface area contributed by atoms with Gasteiger partial charge >= 0.3 is 0 Å². The fraction of sp³-hybridized carbons (Fsp3) is 0.125. The molecule has 0 aliphatic carbocycles. The second kappa shape index (κ2) is 8.41. The molecule has 3 aromatic carbocycles. The number of methoxy groups -OCH3 is 1. The molecule has 1 unspecified atom stereocenters. The van der Waals surface area contributed by atoms with E-state index in [0.717, 1.165) is 22.0 Å². The summed E-state index contributed by atoms with van der Waals surface area (Å²) >= 11 is 6.17. The van der Waals surface area contributed by atoms with Crippen LogP contribution in [0.2, 0.25) is 5.02 Å². The molecule has 4 rings (SSSR count). The van der Waals surface area contributed by atoms with Crippen LogP contribution in [0.5, 0.6) is 5.75 Å². The van der Waals surface area contributed by atoms with Crippen molar-refractivity contribution in [2.75, 3.05) is 13.7 Å². The quantitative estimate of drug-likeness (QED) is 0.452. The average molecular weight is 405 g/mol. The number of aromatic nitrogens is 1. The fourth-order valence-electron chi connectivity index (χ4n) is 3.58. The van der Waals surface area contributed by atoms with E-state index in [1.807, 2.05) is 36.5 Å². The van der Waals surface area contributed by atoms with Crippen molar-refractivity contribution in [1.82, 2.24) is 10.3 Å². The number of halogens is 1. The minimum Gasteiger partial charge on any atom is -0.495 e. The highest BCUT2D eigenvalue weighted by Crippen LogP contribution is 2.30. The summed E-state index contributed by atoms with van der Waals surface area (Å²) < 4.78 is 5.16. The molecule has 0 spiro atoms. The molecule has 0 saturated heterocycles. The molecule has 0 fully saturated rings. The van der Waals surface area contributed by atoms with E-state index in [2.05, 4.69) is 34.6 Å². The zero-order valence-corrected chi connectivity index (χ0v) is 16.7. The summed E-state index contributed by atoms with van der Waals surface area (Å²) in [5.41, 5.74) is 3.88. The van der Waals surface area contributed by atoms with E-state index in [1.54, 1.807) is 25.3 Å². The van der Waals surface area contributed by atoms with Crippen molar-refractivity contribution < 1.29 is 9.53 Å². The Kier molecular flexibility index (Phi) is 5.54. The summed E-state index contributed by atoms with van der Waals surface area (Å²) in [6, 6.07) is 23.4. The number of aromatic amines is 1. The van der Waals surface area contributed by atoms with Crippen LogP contribution in [0.15, 0.2) is 79.0 Å². The number of carbonyl (C=O) groups excluding carboxylic acids is 1. The van der Waals surface area contributed by atoms with Gasteiger partial charge in [-0.3, -0.25) is 4.79 Å². The Bertz CT molecular complexity index is 1140. The molecule has 5 heteroatoms. The van der Waals surface area contributed by atoms with Gasteiger partial charge in [-0.25, -0.2) is 0 Å². The summed E-state index contributed by atoms with van der Waals surface area (Å²) in [6.45, 7) is 0.467. The Balaban J connectivity index is 1.61. The summed E-state index contributed by atoms with van der Waals surface area (Å²) in [6.07, 6.45) is 2.03. The zero-order chi connectivity index (χ0) is 20.2. The largest absolute Gasteiger partial charge is 0.495 e. The minimum absolute atomic E-state index is 0.0185. The summed E-state index contributed by atoms with van der Waals surface area (Å²) in [7, 11) is 1.55. The van der Waals surface area contributed by atoms with Crippen LogP contribution in [0.3, 0.4) is 0 Å². The van der Waals surface area contributed by atoms with Gasteiger partial charge in [0.15, 0.2) is 0 Å². The lowest BCUT2D eigenvalue weighted by Gasteiger charge is -2.18. The maximum absolute atomic E-state index is 12.7. The molecule has 0 bridgehead atoms. The highest BCUT2D eigenvalue weighted by molar-refractivity contribution is 6.32. The molecule has 0 saturated carbocycles. The summed E-state index contributed by atoms with van der Waals surface area (Å²) in [4.78, 5) is 16.1. The normalized spacial score (nSPS) is 11.9. The average Bonchev–Trinajstić information content (AvgIpc) is 3.18.